The van der Waals surface area contributed by atoms with Crippen LogP contribution in [0.15, 0.2) is 12.4 Å². The molecule has 2 N–H and O–H groups in total. The van der Waals surface area contributed by atoms with E-state index in [0.29, 0.717) is 5.82 Å². The minimum Gasteiger partial charge on any atom is -0.342 e. The molecular weight excluding hydrogens is 166 g/mol. The number of hydrogen-bond donors (Lipinski definition) is 2. The summed E-state index contributed by atoms with van der Waals surface area (Å²) in [6.45, 7) is 1.82. The molecule has 0 spiro atoms. The SMILES string of the molecule is O=C(c1ncc[nH]1)C1CCCNC1. The summed E-state index contributed by atoms with van der Waals surface area (Å²) in [6.07, 6.45) is 5.36. The third kappa shape index (κ3) is 1.78. The highest BCUT2D eigenvalue weighted by Gasteiger charge is 2.23. The summed E-state index contributed by atoms with van der Waals surface area (Å²) >= 11 is 0. The Kier molecular flexibility index (Phi) is 2.40. The number of hydrogen-bond acceptors (Lipinski definition) is 3. The quantitative estimate of drug-likeness (QED) is 0.653. The predicted octanol–water partition coefficient (Wildman–Crippen LogP) is 0.592. The molecule has 1 saturated heterocycles. The highest BCUT2D eigenvalue weighted by molar-refractivity contribution is 5.94. The number of ketones is 1. The number of Topliss-reactive ketones (excluding diaryl/α,β-unsaturated/α-hetero) is 1. The normalized spacial score (nSPS) is 22.9. The molecule has 1 aliphatic rings. The molecule has 1 aromatic rings. The lowest BCUT2D eigenvalue weighted by molar-refractivity contribution is 0.0890. The first-order valence-electron chi connectivity index (χ1n) is 4.62. The number of rotatable bonds is 2. The number of carbonyl (C=O) groups is 1. The molecule has 0 aromatic carbocycles. The number of aromatic amines is 1. The van der Waals surface area contributed by atoms with Gasteiger partial charge in [0, 0.05) is 24.9 Å². The summed E-state index contributed by atoms with van der Waals surface area (Å²) < 4.78 is 0. The topological polar surface area (TPSA) is 57.8 Å². The van der Waals surface area contributed by atoms with Crippen LogP contribution in [0, 0.1) is 5.92 Å². The average Bonchev–Trinajstić information content (AvgIpc) is 2.71. The second-order valence-corrected chi connectivity index (χ2v) is 3.35. The lowest BCUT2D eigenvalue weighted by Crippen LogP contribution is -2.34. The molecule has 0 bridgehead atoms. The zero-order chi connectivity index (χ0) is 9.10. The monoisotopic (exact) mass is 179 g/mol. The number of H-pyrrole nitrogens is 1. The van der Waals surface area contributed by atoms with Crippen LogP contribution in [-0.4, -0.2) is 28.8 Å². The van der Waals surface area contributed by atoms with Gasteiger partial charge in [0.05, 0.1) is 0 Å². The van der Waals surface area contributed by atoms with Gasteiger partial charge < -0.3 is 10.3 Å². The Hall–Kier alpha value is -1.16. The van der Waals surface area contributed by atoms with Gasteiger partial charge in [0.2, 0.25) is 5.78 Å². The standard InChI is InChI=1S/C9H13N3O/c13-8(9-11-4-5-12-9)7-2-1-3-10-6-7/h4-5,7,10H,1-3,6H2,(H,11,12). The largest absolute Gasteiger partial charge is 0.342 e. The van der Waals surface area contributed by atoms with Gasteiger partial charge in [0.15, 0.2) is 5.82 Å². The van der Waals surface area contributed by atoms with Gasteiger partial charge in [-0.05, 0) is 19.4 Å². The van der Waals surface area contributed by atoms with E-state index in [1.165, 1.54) is 0 Å². The molecule has 4 heteroatoms. The van der Waals surface area contributed by atoms with Crippen molar-refractivity contribution in [1.82, 2.24) is 15.3 Å². The number of piperidine rings is 1. The highest BCUT2D eigenvalue weighted by atomic mass is 16.1. The lowest BCUT2D eigenvalue weighted by atomic mass is 9.95. The number of aromatic nitrogens is 2. The predicted molar refractivity (Wildman–Crippen MR) is 48.5 cm³/mol. The maximum atomic E-state index is 11.7. The van der Waals surface area contributed by atoms with E-state index in [1.54, 1.807) is 12.4 Å². The molecular formula is C9H13N3O. The molecule has 1 unspecified atom stereocenters. The smallest absolute Gasteiger partial charge is 0.202 e. The van der Waals surface area contributed by atoms with E-state index in [4.69, 9.17) is 0 Å². The molecule has 1 atom stereocenters. The van der Waals surface area contributed by atoms with Crippen LogP contribution in [0.3, 0.4) is 0 Å². The fourth-order valence-corrected chi connectivity index (χ4v) is 1.67. The Morgan fingerprint density at radius 1 is 1.62 bits per heavy atom. The van der Waals surface area contributed by atoms with Crippen LogP contribution in [0.1, 0.15) is 23.5 Å². The molecule has 1 fully saturated rings. The molecule has 13 heavy (non-hydrogen) atoms. The van der Waals surface area contributed by atoms with Crippen LogP contribution in [-0.2, 0) is 0 Å². The minimum absolute atomic E-state index is 0.111. The first kappa shape index (κ1) is 8.44. The number of nitrogens with zero attached hydrogens (tertiary/aromatic N) is 1. The fraction of sp³-hybridized carbons (Fsp3) is 0.556. The number of carbonyl (C=O) groups excluding carboxylic acids is 1. The maximum Gasteiger partial charge on any atom is 0.202 e. The van der Waals surface area contributed by atoms with E-state index in [9.17, 15) is 4.79 Å². The molecule has 0 amide bonds. The highest BCUT2D eigenvalue weighted by Crippen LogP contribution is 2.13. The first-order valence-corrected chi connectivity index (χ1v) is 4.62. The van der Waals surface area contributed by atoms with Gasteiger partial charge in [0.25, 0.3) is 0 Å². The summed E-state index contributed by atoms with van der Waals surface area (Å²) in [5.74, 6) is 0.741. The Morgan fingerprint density at radius 3 is 3.15 bits per heavy atom. The van der Waals surface area contributed by atoms with Gasteiger partial charge in [0.1, 0.15) is 0 Å². The number of nitrogens with one attached hydrogen (secondary N) is 2. The van der Waals surface area contributed by atoms with E-state index in [-0.39, 0.29) is 11.7 Å². The van der Waals surface area contributed by atoms with Crippen LogP contribution in [0.4, 0.5) is 0 Å². The molecule has 0 radical (unpaired) electrons. The summed E-state index contributed by atoms with van der Waals surface area (Å²) in [4.78, 5) is 18.5. The van der Waals surface area contributed by atoms with E-state index in [2.05, 4.69) is 15.3 Å². The molecule has 1 aliphatic heterocycles. The molecule has 2 heterocycles. The van der Waals surface area contributed by atoms with Gasteiger partial charge in [-0.2, -0.15) is 0 Å². The molecule has 4 nitrogen and oxygen atoms in total. The van der Waals surface area contributed by atoms with E-state index < -0.39 is 0 Å². The third-order valence-electron chi connectivity index (χ3n) is 2.40. The molecule has 0 saturated carbocycles. The average molecular weight is 179 g/mol. The Balaban J connectivity index is 2.04. The summed E-state index contributed by atoms with van der Waals surface area (Å²) in [5.41, 5.74) is 0. The van der Waals surface area contributed by atoms with Crippen molar-refractivity contribution in [2.45, 2.75) is 12.8 Å². The van der Waals surface area contributed by atoms with Crippen LogP contribution < -0.4 is 5.32 Å². The zero-order valence-electron chi connectivity index (χ0n) is 7.42. The van der Waals surface area contributed by atoms with Crippen molar-refractivity contribution < 1.29 is 4.79 Å². The van der Waals surface area contributed by atoms with Gasteiger partial charge in [-0.15, -0.1) is 0 Å². The lowest BCUT2D eigenvalue weighted by Gasteiger charge is -2.20. The zero-order valence-corrected chi connectivity index (χ0v) is 7.42. The second kappa shape index (κ2) is 3.70. The molecule has 70 valence electrons. The van der Waals surface area contributed by atoms with Crippen LogP contribution >= 0.6 is 0 Å². The van der Waals surface area contributed by atoms with Gasteiger partial charge >= 0.3 is 0 Å². The summed E-state index contributed by atoms with van der Waals surface area (Å²) in [6, 6.07) is 0. The van der Waals surface area contributed by atoms with E-state index in [0.717, 1.165) is 25.9 Å². The van der Waals surface area contributed by atoms with E-state index >= 15 is 0 Å². The number of imidazole rings is 1. The van der Waals surface area contributed by atoms with Crippen LogP contribution in [0.2, 0.25) is 0 Å². The van der Waals surface area contributed by atoms with Gasteiger partial charge in [-0.25, -0.2) is 4.98 Å². The van der Waals surface area contributed by atoms with Crippen molar-refractivity contribution in [3.05, 3.63) is 18.2 Å². The second-order valence-electron chi connectivity index (χ2n) is 3.35. The fourth-order valence-electron chi connectivity index (χ4n) is 1.67. The van der Waals surface area contributed by atoms with Crippen LogP contribution in [0.5, 0.6) is 0 Å². The maximum absolute atomic E-state index is 11.7. The molecule has 2 rings (SSSR count). The van der Waals surface area contributed by atoms with Crippen LogP contribution in [0.25, 0.3) is 0 Å². The minimum atomic E-state index is 0.111. The van der Waals surface area contributed by atoms with Crippen molar-refractivity contribution >= 4 is 5.78 Å². The third-order valence-corrected chi connectivity index (χ3v) is 2.40. The molecule has 0 aliphatic carbocycles. The summed E-state index contributed by atoms with van der Waals surface area (Å²) in [5, 5.41) is 3.22. The Bertz CT molecular complexity index is 275. The van der Waals surface area contributed by atoms with Crippen molar-refractivity contribution in [1.29, 1.82) is 0 Å². The van der Waals surface area contributed by atoms with Crippen molar-refractivity contribution in [3.63, 3.8) is 0 Å². The molecule has 1 aromatic heterocycles. The Labute approximate surface area is 76.8 Å². The van der Waals surface area contributed by atoms with Crippen molar-refractivity contribution in [2.75, 3.05) is 13.1 Å². The van der Waals surface area contributed by atoms with Crippen molar-refractivity contribution in [3.8, 4) is 0 Å². The van der Waals surface area contributed by atoms with E-state index in [1.807, 2.05) is 0 Å². The van der Waals surface area contributed by atoms with Crippen molar-refractivity contribution in [2.24, 2.45) is 5.92 Å². The van der Waals surface area contributed by atoms with Gasteiger partial charge in [-0.1, -0.05) is 0 Å². The Morgan fingerprint density at radius 2 is 2.54 bits per heavy atom. The van der Waals surface area contributed by atoms with Gasteiger partial charge in [-0.3, -0.25) is 4.79 Å². The summed E-state index contributed by atoms with van der Waals surface area (Å²) in [7, 11) is 0. The first-order chi connectivity index (χ1) is 6.38.